The van der Waals surface area contributed by atoms with Gasteiger partial charge in [-0.2, -0.15) is 0 Å². The van der Waals surface area contributed by atoms with Gasteiger partial charge in [-0.3, -0.25) is 14.2 Å². The van der Waals surface area contributed by atoms with Crippen LogP contribution in [0.5, 0.6) is 0 Å². The number of hydrogen-bond donors (Lipinski definition) is 1. The van der Waals surface area contributed by atoms with Gasteiger partial charge < -0.3 is 5.32 Å². The molecule has 150 valence electrons. The Hall–Kier alpha value is -2.86. The number of nitrogens with zero attached hydrogens (tertiary/aromatic N) is 2. The zero-order valence-corrected chi connectivity index (χ0v) is 17.5. The Balaban J connectivity index is 2.03. The van der Waals surface area contributed by atoms with Gasteiger partial charge in [0.1, 0.15) is 0 Å². The molecule has 0 fully saturated rings. The maximum atomic E-state index is 13.2. The zero-order chi connectivity index (χ0) is 20.8. The van der Waals surface area contributed by atoms with Gasteiger partial charge in [0.05, 0.1) is 22.3 Å². The van der Waals surface area contributed by atoms with Crippen molar-refractivity contribution in [3.05, 3.63) is 77.1 Å². The van der Waals surface area contributed by atoms with Crippen LogP contribution in [-0.2, 0) is 4.79 Å². The second kappa shape index (κ2) is 9.56. The Kier molecular flexibility index (Phi) is 6.88. The molecule has 0 aliphatic rings. The Morgan fingerprint density at radius 1 is 1.24 bits per heavy atom. The average Bonchev–Trinajstić information content (AvgIpc) is 2.76. The number of para-hydroxylation sites is 1. The minimum atomic E-state index is -0.138. The summed E-state index contributed by atoms with van der Waals surface area (Å²) in [6, 6.07) is 15.3. The van der Waals surface area contributed by atoms with E-state index in [4.69, 9.17) is 0 Å². The summed E-state index contributed by atoms with van der Waals surface area (Å²) in [7, 11) is 0. The van der Waals surface area contributed by atoms with Crippen molar-refractivity contribution in [3.8, 4) is 5.69 Å². The van der Waals surface area contributed by atoms with Crippen molar-refractivity contribution in [3.63, 3.8) is 0 Å². The van der Waals surface area contributed by atoms with Crippen molar-refractivity contribution in [1.29, 1.82) is 0 Å². The van der Waals surface area contributed by atoms with E-state index in [-0.39, 0.29) is 17.2 Å². The van der Waals surface area contributed by atoms with Crippen molar-refractivity contribution in [2.45, 2.75) is 31.3 Å². The lowest BCUT2D eigenvalue weighted by molar-refractivity contribution is -0.118. The van der Waals surface area contributed by atoms with E-state index in [9.17, 15) is 9.59 Å². The van der Waals surface area contributed by atoms with Crippen LogP contribution in [0, 0.1) is 0 Å². The predicted molar refractivity (Wildman–Crippen MR) is 120 cm³/mol. The van der Waals surface area contributed by atoms with Crippen molar-refractivity contribution in [1.82, 2.24) is 14.9 Å². The van der Waals surface area contributed by atoms with E-state index in [1.807, 2.05) is 30.3 Å². The van der Waals surface area contributed by atoms with Crippen LogP contribution in [0.25, 0.3) is 16.6 Å². The lowest BCUT2D eigenvalue weighted by Crippen LogP contribution is -2.26. The minimum absolute atomic E-state index is 0.129. The van der Waals surface area contributed by atoms with E-state index >= 15 is 0 Å². The summed E-state index contributed by atoms with van der Waals surface area (Å²) in [4.78, 5) is 29.9. The molecule has 1 atom stereocenters. The predicted octanol–water partition coefficient (Wildman–Crippen LogP) is 4.29. The van der Waals surface area contributed by atoms with Crippen molar-refractivity contribution >= 4 is 28.6 Å². The molecule has 0 saturated carbocycles. The molecule has 29 heavy (non-hydrogen) atoms. The number of carbonyl (C=O) groups excluding carboxylic acids is 1. The van der Waals surface area contributed by atoms with Gasteiger partial charge in [-0.25, -0.2) is 4.98 Å². The molecule has 2 aromatic carbocycles. The van der Waals surface area contributed by atoms with Crippen molar-refractivity contribution in [2.75, 3.05) is 12.3 Å². The Bertz CT molecular complexity index is 1070. The second-order valence-corrected chi connectivity index (χ2v) is 7.78. The Morgan fingerprint density at radius 3 is 2.66 bits per heavy atom. The number of rotatable bonds is 8. The van der Waals surface area contributed by atoms with Crippen LogP contribution in [0.2, 0.25) is 0 Å². The van der Waals surface area contributed by atoms with Crippen LogP contribution in [0.1, 0.15) is 31.7 Å². The molecule has 0 spiro atoms. The highest BCUT2D eigenvalue weighted by molar-refractivity contribution is 7.99. The highest BCUT2D eigenvalue weighted by Gasteiger charge is 2.15. The maximum Gasteiger partial charge on any atom is 0.266 e. The van der Waals surface area contributed by atoms with Crippen LogP contribution in [-0.4, -0.2) is 27.8 Å². The lowest BCUT2D eigenvalue weighted by atomic mass is 9.98. The molecule has 6 heteroatoms. The largest absolute Gasteiger partial charge is 0.352 e. The van der Waals surface area contributed by atoms with E-state index in [2.05, 4.69) is 42.9 Å². The topological polar surface area (TPSA) is 64.0 Å². The van der Waals surface area contributed by atoms with Gasteiger partial charge in [0, 0.05) is 6.54 Å². The Morgan fingerprint density at radius 2 is 1.97 bits per heavy atom. The van der Waals surface area contributed by atoms with Gasteiger partial charge in [-0.05, 0) is 42.2 Å². The van der Waals surface area contributed by atoms with E-state index < -0.39 is 0 Å². The highest BCUT2D eigenvalue weighted by atomic mass is 32.2. The van der Waals surface area contributed by atoms with Gasteiger partial charge in [-0.1, -0.05) is 56.0 Å². The molecule has 3 aromatic rings. The molecular formula is C23H25N3O2S. The number of hydrogen-bond acceptors (Lipinski definition) is 4. The van der Waals surface area contributed by atoms with Gasteiger partial charge in [0.15, 0.2) is 5.16 Å². The summed E-state index contributed by atoms with van der Waals surface area (Å²) < 4.78 is 1.59. The molecule has 0 aliphatic heterocycles. The normalized spacial score (nSPS) is 11.9. The van der Waals surface area contributed by atoms with E-state index in [0.29, 0.717) is 28.5 Å². The number of thioether (sulfide) groups is 1. The number of nitrogens with one attached hydrogen (secondary N) is 1. The van der Waals surface area contributed by atoms with Crippen LogP contribution in [0.4, 0.5) is 0 Å². The third-order valence-corrected chi connectivity index (χ3v) is 5.79. The molecular weight excluding hydrogens is 382 g/mol. The molecule has 1 aromatic heterocycles. The first-order valence-electron chi connectivity index (χ1n) is 9.67. The molecule has 0 aliphatic carbocycles. The highest BCUT2D eigenvalue weighted by Crippen LogP contribution is 2.24. The number of fused-ring (bicyclic) bond motifs is 1. The first-order chi connectivity index (χ1) is 14.0. The van der Waals surface area contributed by atoms with Gasteiger partial charge in [0.2, 0.25) is 5.91 Å². The van der Waals surface area contributed by atoms with Crippen LogP contribution in [0.3, 0.4) is 0 Å². The smallest absolute Gasteiger partial charge is 0.266 e. The third kappa shape index (κ3) is 4.77. The summed E-state index contributed by atoms with van der Waals surface area (Å²) >= 11 is 1.25. The summed E-state index contributed by atoms with van der Waals surface area (Å²) in [6.07, 6.45) is 2.68. The van der Waals surface area contributed by atoms with Crippen LogP contribution in [0.15, 0.2) is 71.1 Å². The van der Waals surface area contributed by atoms with E-state index in [0.717, 1.165) is 12.1 Å². The van der Waals surface area contributed by atoms with Crippen molar-refractivity contribution in [2.24, 2.45) is 0 Å². The van der Waals surface area contributed by atoms with Crippen LogP contribution < -0.4 is 10.9 Å². The van der Waals surface area contributed by atoms with E-state index in [1.165, 1.54) is 17.3 Å². The SMILES string of the molecule is C=CCNC(=O)CSc1nc2ccccc2c(=O)n1-c1ccc([C@H](C)CC)cc1. The minimum Gasteiger partial charge on any atom is -0.352 e. The fourth-order valence-electron chi connectivity index (χ4n) is 2.99. The first-order valence-corrected chi connectivity index (χ1v) is 10.7. The Labute approximate surface area is 174 Å². The number of amides is 1. The number of carbonyl (C=O) groups is 1. The molecule has 1 N–H and O–H groups in total. The van der Waals surface area contributed by atoms with E-state index in [1.54, 1.807) is 16.7 Å². The lowest BCUT2D eigenvalue weighted by Gasteiger charge is -2.15. The molecule has 0 unspecified atom stereocenters. The summed E-state index contributed by atoms with van der Waals surface area (Å²) in [6.45, 7) is 8.35. The van der Waals surface area contributed by atoms with Gasteiger partial charge in [-0.15, -0.1) is 6.58 Å². The summed E-state index contributed by atoms with van der Waals surface area (Å²) in [5.74, 6) is 0.498. The average molecular weight is 408 g/mol. The fourth-order valence-corrected chi connectivity index (χ4v) is 3.83. The summed E-state index contributed by atoms with van der Waals surface area (Å²) in [5, 5.41) is 3.80. The van der Waals surface area contributed by atoms with Gasteiger partial charge >= 0.3 is 0 Å². The molecule has 0 saturated heterocycles. The summed E-state index contributed by atoms with van der Waals surface area (Å²) in [5.41, 5.74) is 2.46. The van der Waals surface area contributed by atoms with Crippen LogP contribution >= 0.6 is 11.8 Å². The first kappa shape index (κ1) is 20.9. The molecule has 1 heterocycles. The van der Waals surface area contributed by atoms with Crippen molar-refractivity contribution < 1.29 is 4.79 Å². The molecule has 5 nitrogen and oxygen atoms in total. The molecule has 0 bridgehead atoms. The zero-order valence-electron chi connectivity index (χ0n) is 16.7. The molecule has 3 rings (SSSR count). The monoisotopic (exact) mass is 407 g/mol. The molecule has 0 radical (unpaired) electrons. The standard InChI is InChI=1S/C23H25N3O2S/c1-4-14-24-21(27)15-29-23-25-20-9-7-6-8-19(20)22(28)26(23)18-12-10-17(11-13-18)16(3)5-2/h4,6-13,16H,1,5,14-15H2,2-3H3,(H,24,27)/t16-/m1/s1. The molecule has 1 amide bonds. The fraction of sp³-hybridized carbons (Fsp3) is 0.261. The van der Waals surface area contributed by atoms with Gasteiger partial charge in [0.25, 0.3) is 5.56 Å². The number of aromatic nitrogens is 2. The number of benzene rings is 2. The maximum absolute atomic E-state index is 13.2. The third-order valence-electron chi connectivity index (χ3n) is 4.85. The quantitative estimate of drug-likeness (QED) is 0.344. The second-order valence-electron chi connectivity index (χ2n) is 6.83.